The van der Waals surface area contributed by atoms with Crippen LogP contribution in [0.15, 0.2) is 24.3 Å². The maximum Gasteiger partial charge on any atom is 0.238 e. The van der Waals surface area contributed by atoms with Crippen molar-refractivity contribution in [2.24, 2.45) is 0 Å². The molecule has 2 N–H and O–H groups in total. The Morgan fingerprint density at radius 1 is 1.39 bits per heavy atom. The lowest BCUT2D eigenvalue weighted by Crippen LogP contribution is -2.53. The normalized spacial score (nSPS) is 16.7. The summed E-state index contributed by atoms with van der Waals surface area (Å²) in [4.78, 5) is 13.6. The number of β-amino-alcohol motifs (C(OH)–C–C–N with tert-alkyl or cyclic N) is 1. The van der Waals surface area contributed by atoms with Crippen LogP contribution in [0.5, 0.6) is 0 Å². The third-order valence-corrected chi connectivity index (χ3v) is 3.17. The molecule has 1 heterocycles. The Hall–Kier alpha value is -1.39. The van der Waals surface area contributed by atoms with Gasteiger partial charge in [0.2, 0.25) is 5.91 Å². The van der Waals surface area contributed by atoms with Crippen LogP contribution in [-0.2, 0) is 4.79 Å². The van der Waals surface area contributed by atoms with Crippen molar-refractivity contribution >= 4 is 11.6 Å². The molecule has 0 saturated carbocycles. The molecule has 1 aromatic carbocycles. The van der Waals surface area contributed by atoms with E-state index in [1.807, 2.05) is 29.2 Å². The van der Waals surface area contributed by atoms with E-state index in [4.69, 9.17) is 5.11 Å². The number of hydrogen-bond donors (Lipinski definition) is 2. The third-order valence-electron chi connectivity index (χ3n) is 3.17. The summed E-state index contributed by atoms with van der Waals surface area (Å²) in [5, 5.41) is 12.0. The van der Waals surface area contributed by atoms with E-state index >= 15 is 0 Å². The summed E-state index contributed by atoms with van der Waals surface area (Å²) in [6, 6.07) is 7.93. The highest BCUT2D eigenvalue weighted by Crippen LogP contribution is 2.17. The zero-order valence-electron chi connectivity index (χ0n) is 10.9. The van der Waals surface area contributed by atoms with E-state index in [2.05, 4.69) is 19.2 Å². The average molecular weight is 248 g/mol. The summed E-state index contributed by atoms with van der Waals surface area (Å²) >= 11 is 0. The van der Waals surface area contributed by atoms with Crippen LogP contribution in [0.1, 0.15) is 25.3 Å². The minimum Gasteiger partial charge on any atom is -0.390 e. The second-order valence-electron chi connectivity index (χ2n) is 5.17. The molecule has 0 aromatic heterocycles. The number of aliphatic hydroxyl groups excluding tert-OH is 1. The number of anilines is 1. The number of nitrogens with one attached hydrogen (secondary N) is 1. The molecule has 1 aliphatic heterocycles. The molecule has 4 heteroatoms. The van der Waals surface area contributed by atoms with Gasteiger partial charge in [-0.25, -0.2) is 0 Å². The quantitative estimate of drug-likeness (QED) is 0.847. The first kappa shape index (κ1) is 13.1. The molecule has 4 nitrogen and oxygen atoms in total. The van der Waals surface area contributed by atoms with Crippen molar-refractivity contribution in [1.29, 1.82) is 0 Å². The zero-order chi connectivity index (χ0) is 13.1. The first-order chi connectivity index (χ1) is 8.54. The van der Waals surface area contributed by atoms with Gasteiger partial charge in [-0.3, -0.25) is 9.69 Å². The van der Waals surface area contributed by atoms with Gasteiger partial charge in [0.05, 0.1) is 12.6 Å². The summed E-state index contributed by atoms with van der Waals surface area (Å²) in [6.45, 7) is 5.83. The molecule has 0 aliphatic carbocycles. The molecule has 2 rings (SSSR count). The molecule has 1 saturated heterocycles. The van der Waals surface area contributed by atoms with E-state index in [1.54, 1.807) is 0 Å². The molecule has 0 atom stereocenters. The lowest BCUT2D eigenvalue weighted by Gasteiger charge is -2.34. The molecule has 98 valence electrons. The van der Waals surface area contributed by atoms with Crippen LogP contribution in [-0.4, -0.2) is 41.7 Å². The monoisotopic (exact) mass is 248 g/mol. The summed E-state index contributed by atoms with van der Waals surface area (Å²) in [7, 11) is 0. The Labute approximate surface area is 108 Å². The van der Waals surface area contributed by atoms with E-state index in [1.165, 1.54) is 5.56 Å². The number of hydrogen-bond acceptors (Lipinski definition) is 3. The standard InChI is InChI=1S/C14H20N2O2/c1-10(2)11-3-5-12(6-4-11)15-14(18)9-16-7-13(17)8-16/h3-6,10,13,17H,7-9H2,1-2H3,(H,15,18). The fourth-order valence-corrected chi connectivity index (χ4v) is 2.03. The Bertz CT molecular complexity index is 408. The van der Waals surface area contributed by atoms with Crippen LogP contribution in [0.4, 0.5) is 5.69 Å². The molecule has 1 aromatic rings. The molecular weight excluding hydrogens is 228 g/mol. The average Bonchev–Trinajstić information content (AvgIpc) is 2.27. The summed E-state index contributed by atoms with van der Waals surface area (Å²) in [5.41, 5.74) is 2.09. The number of likely N-dealkylation sites (tertiary alicyclic amines) is 1. The first-order valence-electron chi connectivity index (χ1n) is 6.35. The van der Waals surface area contributed by atoms with Crippen molar-refractivity contribution in [2.45, 2.75) is 25.9 Å². The molecule has 1 aliphatic rings. The van der Waals surface area contributed by atoms with E-state index in [-0.39, 0.29) is 12.0 Å². The Morgan fingerprint density at radius 2 is 2.00 bits per heavy atom. The number of benzene rings is 1. The maximum atomic E-state index is 11.7. The van der Waals surface area contributed by atoms with Gasteiger partial charge in [0.25, 0.3) is 0 Å². The fraction of sp³-hybridized carbons (Fsp3) is 0.500. The number of aliphatic hydroxyl groups is 1. The SMILES string of the molecule is CC(C)c1ccc(NC(=O)CN2CC(O)C2)cc1. The minimum absolute atomic E-state index is 0.0285. The number of rotatable bonds is 4. The van der Waals surface area contributed by atoms with E-state index < -0.39 is 0 Å². The molecular formula is C14H20N2O2. The maximum absolute atomic E-state index is 11.7. The highest BCUT2D eigenvalue weighted by molar-refractivity contribution is 5.92. The Morgan fingerprint density at radius 3 is 2.50 bits per heavy atom. The van der Waals surface area contributed by atoms with Crippen LogP contribution < -0.4 is 5.32 Å². The zero-order valence-corrected chi connectivity index (χ0v) is 10.9. The van der Waals surface area contributed by atoms with Crippen molar-refractivity contribution in [1.82, 2.24) is 4.90 Å². The van der Waals surface area contributed by atoms with E-state index in [0.29, 0.717) is 25.6 Å². The summed E-state index contributed by atoms with van der Waals surface area (Å²) in [5.74, 6) is 0.469. The summed E-state index contributed by atoms with van der Waals surface area (Å²) < 4.78 is 0. The molecule has 1 fully saturated rings. The first-order valence-corrected chi connectivity index (χ1v) is 6.35. The Balaban J connectivity index is 1.83. The number of carbonyl (C=O) groups is 1. The van der Waals surface area contributed by atoms with E-state index in [9.17, 15) is 4.79 Å². The van der Waals surface area contributed by atoms with Crippen molar-refractivity contribution in [3.63, 3.8) is 0 Å². The molecule has 18 heavy (non-hydrogen) atoms. The van der Waals surface area contributed by atoms with Gasteiger partial charge in [-0.15, -0.1) is 0 Å². The second kappa shape index (κ2) is 5.50. The topological polar surface area (TPSA) is 52.6 Å². The van der Waals surface area contributed by atoms with Crippen molar-refractivity contribution in [3.8, 4) is 0 Å². The van der Waals surface area contributed by atoms with Gasteiger partial charge in [0.15, 0.2) is 0 Å². The van der Waals surface area contributed by atoms with Crippen LogP contribution in [0, 0.1) is 0 Å². The van der Waals surface area contributed by atoms with Crippen LogP contribution >= 0.6 is 0 Å². The lowest BCUT2D eigenvalue weighted by atomic mass is 10.0. The van der Waals surface area contributed by atoms with E-state index in [0.717, 1.165) is 5.69 Å². The van der Waals surface area contributed by atoms with Gasteiger partial charge in [-0.1, -0.05) is 26.0 Å². The number of nitrogens with zero attached hydrogens (tertiary/aromatic N) is 1. The fourth-order valence-electron chi connectivity index (χ4n) is 2.03. The largest absolute Gasteiger partial charge is 0.390 e. The third kappa shape index (κ3) is 3.31. The van der Waals surface area contributed by atoms with Gasteiger partial charge in [0.1, 0.15) is 0 Å². The highest BCUT2D eigenvalue weighted by atomic mass is 16.3. The van der Waals surface area contributed by atoms with Gasteiger partial charge >= 0.3 is 0 Å². The van der Waals surface area contributed by atoms with Crippen molar-refractivity contribution < 1.29 is 9.90 Å². The van der Waals surface area contributed by atoms with Crippen LogP contribution in [0.2, 0.25) is 0 Å². The van der Waals surface area contributed by atoms with Gasteiger partial charge in [0, 0.05) is 18.8 Å². The molecule has 0 radical (unpaired) electrons. The molecule has 0 unspecified atom stereocenters. The van der Waals surface area contributed by atoms with Gasteiger partial charge < -0.3 is 10.4 Å². The minimum atomic E-state index is -0.261. The van der Waals surface area contributed by atoms with Crippen LogP contribution in [0.25, 0.3) is 0 Å². The summed E-state index contributed by atoms with van der Waals surface area (Å²) in [6.07, 6.45) is -0.261. The predicted molar refractivity (Wildman–Crippen MR) is 71.6 cm³/mol. The van der Waals surface area contributed by atoms with Gasteiger partial charge in [-0.2, -0.15) is 0 Å². The van der Waals surface area contributed by atoms with Crippen LogP contribution in [0.3, 0.4) is 0 Å². The second-order valence-corrected chi connectivity index (χ2v) is 5.17. The molecule has 0 spiro atoms. The van der Waals surface area contributed by atoms with Gasteiger partial charge in [-0.05, 0) is 23.6 Å². The number of amides is 1. The highest BCUT2D eigenvalue weighted by Gasteiger charge is 2.25. The Kier molecular flexibility index (Phi) is 3.99. The molecule has 1 amide bonds. The number of carbonyl (C=O) groups excluding carboxylic acids is 1. The predicted octanol–water partition coefficient (Wildman–Crippen LogP) is 1.43. The smallest absolute Gasteiger partial charge is 0.238 e. The lowest BCUT2D eigenvalue weighted by molar-refractivity contribution is -0.119. The molecule has 0 bridgehead atoms. The van der Waals surface area contributed by atoms with Crippen molar-refractivity contribution in [3.05, 3.63) is 29.8 Å². The van der Waals surface area contributed by atoms with Crippen molar-refractivity contribution in [2.75, 3.05) is 25.0 Å².